The van der Waals surface area contributed by atoms with Gasteiger partial charge in [0.25, 0.3) is 10.1 Å². The first-order valence-electron chi connectivity index (χ1n) is 3.61. The lowest BCUT2D eigenvalue weighted by Gasteiger charge is -2.07. The quantitative estimate of drug-likeness (QED) is 0.598. The highest BCUT2D eigenvalue weighted by Gasteiger charge is 2.23. The van der Waals surface area contributed by atoms with Gasteiger partial charge < -0.3 is 4.90 Å². The molecule has 66 valence electrons. The van der Waals surface area contributed by atoms with Gasteiger partial charge >= 0.3 is 0 Å². The summed E-state index contributed by atoms with van der Waals surface area (Å²) in [4.78, 5) is 2.07. The van der Waals surface area contributed by atoms with E-state index in [4.69, 9.17) is 4.55 Å². The van der Waals surface area contributed by atoms with Crippen LogP contribution < -0.4 is 0 Å². The molecule has 0 radical (unpaired) electrons. The van der Waals surface area contributed by atoms with Gasteiger partial charge in [-0.15, -0.1) is 0 Å². The van der Waals surface area contributed by atoms with Crippen molar-refractivity contribution in [2.24, 2.45) is 5.92 Å². The SMILES string of the molecule is CN1CCC(CS(=O)(=O)O)C1. The van der Waals surface area contributed by atoms with E-state index in [0.29, 0.717) is 0 Å². The molecule has 0 aromatic carbocycles. The van der Waals surface area contributed by atoms with E-state index in [1.165, 1.54) is 0 Å². The van der Waals surface area contributed by atoms with Crippen LogP contribution in [0.4, 0.5) is 0 Å². The lowest BCUT2D eigenvalue weighted by atomic mass is 10.2. The highest BCUT2D eigenvalue weighted by Crippen LogP contribution is 2.15. The Morgan fingerprint density at radius 3 is 2.64 bits per heavy atom. The lowest BCUT2D eigenvalue weighted by molar-refractivity contribution is 0.398. The first-order valence-corrected chi connectivity index (χ1v) is 5.22. The molecule has 1 atom stereocenters. The van der Waals surface area contributed by atoms with Crippen molar-refractivity contribution in [2.75, 3.05) is 25.9 Å². The topological polar surface area (TPSA) is 57.6 Å². The number of hydrogen-bond donors (Lipinski definition) is 1. The van der Waals surface area contributed by atoms with E-state index >= 15 is 0 Å². The van der Waals surface area contributed by atoms with Gasteiger partial charge in [-0.1, -0.05) is 0 Å². The maximum absolute atomic E-state index is 10.4. The Kier molecular flexibility index (Phi) is 2.51. The summed E-state index contributed by atoms with van der Waals surface area (Å²) in [7, 11) is -1.81. The molecular formula is C6H13NO3S. The van der Waals surface area contributed by atoms with Crippen molar-refractivity contribution in [1.82, 2.24) is 4.90 Å². The zero-order valence-corrected chi connectivity index (χ0v) is 7.34. The minimum Gasteiger partial charge on any atom is -0.306 e. The summed E-state index contributed by atoms with van der Waals surface area (Å²) >= 11 is 0. The van der Waals surface area contributed by atoms with Crippen LogP contribution in [-0.2, 0) is 10.1 Å². The molecule has 1 N–H and O–H groups in total. The summed E-state index contributed by atoms with van der Waals surface area (Å²) in [5.74, 6) is 0.0344. The number of rotatable bonds is 2. The van der Waals surface area contributed by atoms with Crippen LogP contribution in [0, 0.1) is 5.92 Å². The smallest absolute Gasteiger partial charge is 0.265 e. The molecule has 1 rings (SSSR count). The van der Waals surface area contributed by atoms with Crippen LogP contribution in [-0.4, -0.2) is 43.8 Å². The average molecular weight is 179 g/mol. The summed E-state index contributed by atoms with van der Waals surface area (Å²) in [5, 5.41) is 0. The third-order valence-corrected chi connectivity index (χ3v) is 2.83. The summed E-state index contributed by atoms with van der Waals surface area (Å²) in [6, 6.07) is 0. The molecule has 0 aromatic rings. The predicted molar refractivity (Wildman–Crippen MR) is 42.0 cm³/mol. The van der Waals surface area contributed by atoms with Crippen LogP contribution in [0.1, 0.15) is 6.42 Å². The van der Waals surface area contributed by atoms with Crippen molar-refractivity contribution >= 4 is 10.1 Å². The molecule has 1 unspecified atom stereocenters. The molecule has 1 heterocycles. The molecule has 11 heavy (non-hydrogen) atoms. The van der Waals surface area contributed by atoms with Crippen molar-refractivity contribution < 1.29 is 13.0 Å². The molecule has 0 bridgehead atoms. The highest BCUT2D eigenvalue weighted by molar-refractivity contribution is 7.85. The van der Waals surface area contributed by atoms with Gasteiger partial charge in [-0.05, 0) is 25.9 Å². The van der Waals surface area contributed by atoms with Crippen LogP contribution in [0.2, 0.25) is 0 Å². The second kappa shape index (κ2) is 3.08. The lowest BCUT2D eigenvalue weighted by Crippen LogP contribution is -2.19. The van der Waals surface area contributed by atoms with Crippen LogP contribution in [0.3, 0.4) is 0 Å². The Bertz CT molecular complexity index is 224. The van der Waals surface area contributed by atoms with Crippen molar-refractivity contribution in [1.29, 1.82) is 0 Å². The third kappa shape index (κ3) is 3.18. The maximum atomic E-state index is 10.4. The van der Waals surface area contributed by atoms with E-state index in [1.54, 1.807) is 0 Å². The largest absolute Gasteiger partial charge is 0.306 e. The fraction of sp³-hybridized carbons (Fsp3) is 1.00. The van der Waals surface area contributed by atoms with Gasteiger partial charge in [0.2, 0.25) is 0 Å². The van der Waals surface area contributed by atoms with Crippen LogP contribution in [0.15, 0.2) is 0 Å². The van der Waals surface area contributed by atoms with Gasteiger partial charge in [-0.25, -0.2) is 0 Å². The van der Waals surface area contributed by atoms with Crippen molar-refractivity contribution in [3.8, 4) is 0 Å². The number of likely N-dealkylation sites (tertiary alicyclic amines) is 1. The zero-order chi connectivity index (χ0) is 8.48. The predicted octanol–water partition coefficient (Wildman–Crippen LogP) is -0.174. The Hall–Kier alpha value is -0.130. The second-order valence-corrected chi connectivity index (χ2v) is 4.66. The van der Waals surface area contributed by atoms with Gasteiger partial charge in [0.05, 0.1) is 5.75 Å². The molecule has 0 aliphatic carbocycles. The first-order chi connectivity index (χ1) is 4.97. The molecule has 0 saturated carbocycles. The maximum Gasteiger partial charge on any atom is 0.265 e. The number of hydrogen-bond acceptors (Lipinski definition) is 3. The van der Waals surface area contributed by atoms with E-state index in [2.05, 4.69) is 4.90 Å². The fourth-order valence-electron chi connectivity index (χ4n) is 1.46. The number of nitrogens with zero attached hydrogens (tertiary/aromatic N) is 1. The molecular weight excluding hydrogens is 166 g/mol. The minimum absolute atomic E-state index is 0.0860. The minimum atomic E-state index is -3.76. The van der Waals surface area contributed by atoms with Crippen molar-refractivity contribution in [3.05, 3.63) is 0 Å². The van der Waals surface area contributed by atoms with Gasteiger partial charge in [0.1, 0.15) is 0 Å². The van der Waals surface area contributed by atoms with Crippen molar-refractivity contribution in [3.63, 3.8) is 0 Å². The Balaban J connectivity index is 2.41. The molecule has 1 saturated heterocycles. The molecule has 5 heteroatoms. The fourth-order valence-corrected chi connectivity index (χ4v) is 2.33. The Labute approximate surface area is 66.9 Å². The van der Waals surface area contributed by atoms with Gasteiger partial charge in [0.15, 0.2) is 0 Å². The van der Waals surface area contributed by atoms with Gasteiger partial charge in [0, 0.05) is 6.54 Å². The highest BCUT2D eigenvalue weighted by atomic mass is 32.2. The molecule has 0 aromatic heterocycles. The summed E-state index contributed by atoms with van der Waals surface area (Å²) in [5.41, 5.74) is 0. The van der Waals surface area contributed by atoms with Crippen molar-refractivity contribution in [2.45, 2.75) is 6.42 Å². The van der Waals surface area contributed by atoms with Gasteiger partial charge in [-0.2, -0.15) is 8.42 Å². The molecule has 1 fully saturated rings. The molecule has 4 nitrogen and oxygen atoms in total. The van der Waals surface area contributed by atoms with Crippen LogP contribution in [0.25, 0.3) is 0 Å². The standard InChI is InChI=1S/C6H13NO3S/c1-7-3-2-6(4-7)5-11(8,9)10/h6H,2-5H2,1H3,(H,8,9,10). The Morgan fingerprint density at radius 1 is 1.64 bits per heavy atom. The monoisotopic (exact) mass is 179 g/mol. The average Bonchev–Trinajstić information content (AvgIpc) is 2.10. The van der Waals surface area contributed by atoms with E-state index in [1.807, 2.05) is 7.05 Å². The molecule has 0 spiro atoms. The van der Waals surface area contributed by atoms with E-state index in [-0.39, 0.29) is 11.7 Å². The zero-order valence-electron chi connectivity index (χ0n) is 6.52. The summed E-state index contributed by atoms with van der Waals surface area (Å²) in [6.07, 6.45) is 0.871. The second-order valence-electron chi connectivity index (χ2n) is 3.17. The van der Waals surface area contributed by atoms with Gasteiger partial charge in [-0.3, -0.25) is 4.55 Å². The van der Waals surface area contributed by atoms with Crippen LogP contribution in [0.5, 0.6) is 0 Å². The van der Waals surface area contributed by atoms with Crippen LogP contribution >= 0.6 is 0 Å². The Morgan fingerprint density at radius 2 is 2.27 bits per heavy atom. The summed E-state index contributed by atoms with van der Waals surface area (Å²) in [6.45, 7) is 1.71. The van der Waals surface area contributed by atoms with E-state index in [0.717, 1.165) is 19.5 Å². The van der Waals surface area contributed by atoms with E-state index < -0.39 is 10.1 Å². The van der Waals surface area contributed by atoms with E-state index in [9.17, 15) is 8.42 Å². The molecule has 0 amide bonds. The normalized spacial score (nSPS) is 27.6. The third-order valence-electron chi connectivity index (χ3n) is 1.94. The summed E-state index contributed by atoms with van der Waals surface area (Å²) < 4.78 is 29.4. The molecule has 1 aliphatic heterocycles. The first kappa shape index (κ1) is 8.96. The molecule has 1 aliphatic rings.